The van der Waals surface area contributed by atoms with Gasteiger partial charge in [-0.2, -0.15) is 0 Å². The second kappa shape index (κ2) is 4.78. The first-order chi connectivity index (χ1) is 9.13. The fourth-order valence-electron chi connectivity index (χ4n) is 2.88. The lowest BCUT2D eigenvalue weighted by molar-refractivity contribution is 0.219. The summed E-state index contributed by atoms with van der Waals surface area (Å²) in [6, 6.07) is 10.8. The molecule has 1 N–H and O–H groups in total. The fraction of sp³-hybridized carbons (Fsp3) is 0.294. The first kappa shape index (κ1) is 12.4. The molecule has 0 heterocycles. The zero-order valence-corrected chi connectivity index (χ0v) is 11.0. The molecule has 1 nitrogen and oxygen atoms in total. The van der Waals surface area contributed by atoms with Crippen molar-refractivity contribution >= 4 is 0 Å². The van der Waals surface area contributed by atoms with E-state index < -0.39 is 6.10 Å². The van der Waals surface area contributed by atoms with Gasteiger partial charge in [0.2, 0.25) is 0 Å². The molecule has 1 aliphatic rings. The third-order valence-corrected chi connectivity index (χ3v) is 3.82. The Morgan fingerprint density at radius 3 is 2.58 bits per heavy atom. The average molecular weight is 256 g/mol. The number of benzene rings is 2. The SMILES string of the molecule is Cc1cc(F)cc(C(O)c2ccc3c(c2)CCC3)c1. The molecule has 1 aliphatic carbocycles. The van der Waals surface area contributed by atoms with E-state index in [-0.39, 0.29) is 5.82 Å². The maximum atomic E-state index is 13.4. The number of rotatable bonds is 2. The highest BCUT2D eigenvalue weighted by atomic mass is 19.1. The van der Waals surface area contributed by atoms with E-state index in [0.29, 0.717) is 5.56 Å². The van der Waals surface area contributed by atoms with Gasteiger partial charge < -0.3 is 5.11 Å². The van der Waals surface area contributed by atoms with Crippen LogP contribution in [0.25, 0.3) is 0 Å². The van der Waals surface area contributed by atoms with Gasteiger partial charge in [0.25, 0.3) is 0 Å². The Morgan fingerprint density at radius 2 is 1.79 bits per heavy atom. The lowest BCUT2D eigenvalue weighted by Gasteiger charge is -2.14. The number of hydrogen-bond acceptors (Lipinski definition) is 1. The van der Waals surface area contributed by atoms with E-state index in [1.165, 1.54) is 29.7 Å². The normalized spacial score (nSPS) is 15.3. The van der Waals surface area contributed by atoms with Gasteiger partial charge in [0.15, 0.2) is 0 Å². The van der Waals surface area contributed by atoms with Gasteiger partial charge in [-0.05, 0) is 66.1 Å². The molecule has 0 aromatic heterocycles. The maximum absolute atomic E-state index is 13.4. The van der Waals surface area contributed by atoms with Crippen molar-refractivity contribution in [2.45, 2.75) is 32.3 Å². The molecule has 98 valence electrons. The van der Waals surface area contributed by atoms with Crippen LogP contribution in [0.2, 0.25) is 0 Å². The fourth-order valence-corrected chi connectivity index (χ4v) is 2.88. The van der Waals surface area contributed by atoms with Gasteiger partial charge in [-0.25, -0.2) is 4.39 Å². The van der Waals surface area contributed by atoms with Crippen molar-refractivity contribution in [3.63, 3.8) is 0 Å². The lowest BCUT2D eigenvalue weighted by atomic mass is 9.97. The molecule has 1 unspecified atom stereocenters. The number of aliphatic hydroxyl groups excluding tert-OH is 1. The molecule has 0 fully saturated rings. The summed E-state index contributed by atoms with van der Waals surface area (Å²) < 4.78 is 13.4. The van der Waals surface area contributed by atoms with Crippen LogP contribution in [-0.2, 0) is 12.8 Å². The minimum Gasteiger partial charge on any atom is -0.384 e. The summed E-state index contributed by atoms with van der Waals surface area (Å²) in [5.74, 6) is -0.296. The third kappa shape index (κ3) is 2.41. The zero-order chi connectivity index (χ0) is 13.4. The largest absolute Gasteiger partial charge is 0.384 e. The molecule has 3 rings (SSSR count). The molecule has 0 spiro atoms. The Balaban J connectivity index is 1.97. The highest BCUT2D eigenvalue weighted by Gasteiger charge is 2.16. The molecular formula is C17H17FO. The third-order valence-electron chi connectivity index (χ3n) is 3.82. The summed E-state index contributed by atoms with van der Waals surface area (Å²) in [6.07, 6.45) is 2.65. The minimum atomic E-state index is -0.750. The van der Waals surface area contributed by atoms with Gasteiger partial charge in [-0.15, -0.1) is 0 Å². The van der Waals surface area contributed by atoms with Gasteiger partial charge in [-0.3, -0.25) is 0 Å². The van der Waals surface area contributed by atoms with E-state index in [2.05, 4.69) is 12.1 Å². The summed E-state index contributed by atoms with van der Waals surface area (Å²) in [6.45, 7) is 1.84. The van der Waals surface area contributed by atoms with Crippen molar-refractivity contribution in [2.24, 2.45) is 0 Å². The van der Waals surface area contributed by atoms with Crippen molar-refractivity contribution in [3.05, 3.63) is 70.0 Å². The first-order valence-corrected chi connectivity index (χ1v) is 6.70. The second-order valence-electron chi connectivity index (χ2n) is 5.35. The van der Waals surface area contributed by atoms with Crippen LogP contribution in [0, 0.1) is 12.7 Å². The molecule has 0 saturated heterocycles. The smallest absolute Gasteiger partial charge is 0.123 e. The number of aliphatic hydroxyl groups is 1. The van der Waals surface area contributed by atoms with Crippen molar-refractivity contribution in [3.8, 4) is 0 Å². The van der Waals surface area contributed by atoms with E-state index in [1.807, 2.05) is 19.1 Å². The van der Waals surface area contributed by atoms with Gasteiger partial charge in [0.1, 0.15) is 11.9 Å². The molecule has 0 aliphatic heterocycles. The summed E-state index contributed by atoms with van der Waals surface area (Å²) >= 11 is 0. The number of hydrogen-bond donors (Lipinski definition) is 1. The Bertz CT molecular complexity index is 598. The summed E-state index contributed by atoms with van der Waals surface area (Å²) in [5, 5.41) is 10.4. The van der Waals surface area contributed by atoms with Crippen LogP contribution in [0.5, 0.6) is 0 Å². The Morgan fingerprint density at radius 1 is 1.00 bits per heavy atom. The summed E-state index contributed by atoms with van der Waals surface area (Å²) in [7, 11) is 0. The monoisotopic (exact) mass is 256 g/mol. The van der Waals surface area contributed by atoms with E-state index in [9.17, 15) is 9.50 Å². The van der Waals surface area contributed by atoms with Crippen LogP contribution < -0.4 is 0 Å². The predicted molar refractivity (Wildman–Crippen MR) is 73.7 cm³/mol. The molecule has 1 atom stereocenters. The molecule has 2 heteroatoms. The van der Waals surface area contributed by atoms with Crippen molar-refractivity contribution in [1.29, 1.82) is 0 Å². The van der Waals surface area contributed by atoms with Crippen LogP contribution in [0.3, 0.4) is 0 Å². The molecular weight excluding hydrogens is 239 g/mol. The van der Waals surface area contributed by atoms with Crippen LogP contribution in [0.1, 0.15) is 40.3 Å². The molecule has 0 bridgehead atoms. The standard InChI is InChI=1S/C17H17FO/c1-11-7-15(10-16(18)8-11)17(19)14-6-5-12-3-2-4-13(12)9-14/h5-10,17,19H,2-4H2,1H3. The van der Waals surface area contributed by atoms with Crippen LogP contribution >= 0.6 is 0 Å². The number of halogens is 1. The molecule has 0 amide bonds. The summed E-state index contributed by atoms with van der Waals surface area (Å²) in [5.41, 5.74) is 5.01. The quantitative estimate of drug-likeness (QED) is 0.868. The molecule has 2 aromatic carbocycles. The van der Waals surface area contributed by atoms with Gasteiger partial charge in [0.05, 0.1) is 0 Å². The Hall–Kier alpha value is -1.67. The Labute approximate surface area is 112 Å². The molecule has 0 radical (unpaired) electrons. The van der Waals surface area contributed by atoms with Crippen molar-refractivity contribution < 1.29 is 9.50 Å². The highest BCUT2D eigenvalue weighted by Crippen LogP contribution is 2.29. The molecule has 0 saturated carbocycles. The van der Waals surface area contributed by atoms with Gasteiger partial charge in [-0.1, -0.05) is 24.3 Å². The lowest BCUT2D eigenvalue weighted by Crippen LogP contribution is -2.02. The van der Waals surface area contributed by atoms with Crippen molar-refractivity contribution in [1.82, 2.24) is 0 Å². The molecule has 2 aromatic rings. The highest BCUT2D eigenvalue weighted by molar-refractivity contribution is 5.39. The molecule has 19 heavy (non-hydrogen) atoms. The number of fused-ring (bicyclic) bond motifs is 1. The van der Waals surface area contributed by atoms with Crippen LogP contribution in [0.4, 0.5) is 4.39 Å². The van der Waals surface area contributed by atoms with Crippen molar-refractivity contribution in [2.75, 3.05) is 0 Å². The summed E-state index contributed by atoms with van der Waals surface area (Å²) in [4.78, 5) is 0. The van der Waals surface area contributed by atoms with Gasteiger partial charge >= 0.3 is 0 Å². The van der Waals surface area contributed by atoms with Crippen LogP contribution in [0.15, 0.2) is 36.4 Å². The first-order valence-electron chi connectivity index (χ1n) is 6.70. The number of aryl methyl sites for hydroxylation is 3. The minimum absolute atomic E-state index is 0.296. The zero-order valence-electron chi connectivity index (χ0n) is 11.0. The van der Waals surface area contributed by atoms with E-state index >= 15 is 0 Å². The predicted octanol–water partition coefficient (Wildman–Crippen LogP) is 3.70. The maximum Gasteiger partial charge on any atom is 0.123 e. The topological polar surface area (TPSA) is 20.2 Å². The van der Waals surface area contributed by atoms with E-state index in [4.69, 9.17) is 0 Å². The van der Waals surface area contributed by atoms with E-state index in [1.54, 1.807) is 0 Å². The van der Waals surface area contributed by atoms with E-state index in [0.717, 1.165) is 24.0 Å². The second-order valence-corrected chi connectivity index (χ2v) is 5.35. The van der Waals surface area contributed by atoms with Gasteiger partial charge in [0, 0.05) is 0 Å². The average Bonchev–Trinajstić information content (AvgIpc) is 2.83. The Kier molecular flexibility index (Phi) is 3.11. The van der Waals surface area contributed by atoms with Crippen LogP contribution in [-0.4, -0.2) is 5.11 Å².